The fourth-order valence-electron chi connectivity index (χ4n) is 2.34. The first-order valence-corrected chi connectivity index (χ1v) is 7.10. The fraction of sp³-hybridized carbons (Fsp3) is 0.375. The number of pyridine rings is 1. The lowest BCUT2D eigenvalue weighted by atomic mass is 10.1. The highest BCUT2D eigenvalue weighted by atomic mass is 16.2. The van der Waals surface area contributed by atoms with E-state index >= 15 is 0 Å². The Hall–Kier alpha value is -2.14. The van der Waals surface area contributed by atoms with Gasteiger partial charge in [-0.1, -0.05) is 18.2 Å². The van der Waals surface area contributed by atoms with Crippen molar-refractivity contribution >= 4 is 22.5 Å². The zero-order valence-electron chi connectivity index (χ0n) is 12.8. The molecule has 0 saturated carbocycles. The summed E-state index contributed by atoms with van der Waals surface area (Å²) >= 11 is 0. The summed E-state index contributed by atoms with van der Waals surface area (Å²) in [5, 5.41) is 1.04. The molecule has 1 amide bonds. The minimum absolute atomic E-state index is 0.0701. The number of hydrogen-bond donors (Lipinski definition) is 1. The van der Waals surface area contributed by atoms with Crippen LogP contribution in [0.15, 0.2) is 30.5 Å². The van der Waals surface area contributed by atoms with Crippen LogP contribution in [0.5, 0.6) is 0 Å². The number of nitrogens with zero attached hydrogens (tertiary/aromatic N) is 3. The van der Waals surface area contributed by atoms with E-state index in [2.05, 4.69) is 9.88 Å². The third-order valence-electron chi connectivity index (χ3n) is 3.57. The van der Waals surface area contributed by atoms with E-state index in [1.165, 1.54) is 0 Å². The van der Waals surface area contributed by atoms with Gasteiger partial charge >= 0.3 is 0 Å². The molecule has 2 N–H and O–H groups in total. The first-order chi connectivity index (χ1) is 10.1. The summed E-state index contributed by atoms with van der Waals surface area (Å²) in [6, 6.07) is 7.94. The number of para-hydroxylation sites is 1. The average molecular weight is 286 g/mol. The van der Waals surface area contributed by atoms with Crippen LogP contribution in [-0.4, -0.2) is 43.0 Å². The Labute approximate surface area is 125 Å². The highest BCUT2D eigenvalue weighted by Crippen LogP contribution is 2.29. The molecule has 2 aromatic rings. The van der Waals surface area contributed by atoms with Crippen molar-refractivity contribution in [3.8, 4) is 0 Å². The van der Waals surface area contributed by atoms with Crippen LogP contribution in [0, 0.1) is 0 Å². The van der Waals surface area contributed by atoms with E-state index in [1.807, 2.05) is 31.2 Å². The van der Waals surface area contributed by atoms with E-state index < -0.39 is 0 Å². The van der Waals surface area contributed by atoms with Gasteiger partial charge in [-0.25, -0.2) is 0 Å². The molecule has 0 aliphatic heterocycles. The SMILES string of the molecule is CCN(CC(=O)N(C)C)c1c(CN)cnc2ccccc12. The number of carbonyl (C=O) groups excluding carboxylic acids is 1. The first kappa shape index (κ1) is 15.3. The van der Waals surface area contributed by atoms with Gasteiger partial charge in [0, 0.05) is 44.3 Å². The molecule has 0 radical (unpaired) electrons. The number of nitrogens with two attached hydrogens (primary N) is 1. The summed E-state index contributed by atoms with van der Waals surface area (Å²) in [6.07, 6.45) is 1.81. The number of rotatable bonds is 5. The summed E-state index contributed by atoms with van der Waals surface area (Å²) in [5.41, 5.74) is 8.75. The Balaban J connectivity index is 2.53. The third kappa shape index (κ3) is 3.13. The van der Waals surface area contributed by atoms with E-state index in [4.69, 9.17) is 5.73 Å². The van der Waals surface area contributed by atoms with E-state index in [9.17, 15) is 4.79 Å². The minimum Gasteiger partial charge on any atom is -0.362 e. The zero-order chi connectivity index (χ0) is 15.4. The van der Waals surface area contributed by atoms with Crippen molar-refractivity contribution in [1.29, 1.82) is 0 Å². The van der Waals surface area contributed by atoms with E-state index in [0.717, 1.165) is 28.7 Å². The molecule has 0 atom stereocenters. The Bertz CT molecular complexity index is 639. The summed E-state index contributed by atoms with van der Waals surface area (Å²) < 4.78 is 0. The number of hydrogen-bond acceptors (Lipinski definition) is 4. The van der Waals surface area contributed by atoms with Crippen LogP contribution in [0.25, 0.3) is 10.9 Å². The molecular formula is C16H22N4O. The lowest BCUT2D eigenvalue weighted by Crippen LogP contribution is -2.37. The molecule has 0 unspecified atom stereocenters. The predicted molar refractivity (Wildman–Crippen MR) is 86.2 cm³/mol. The van der Waals surface area contributed by atoms with Gasteiger partial charge in [-0.2, -0.15) is 0 Å². The molecule has 21 heavy (non-hydrogen) atoms. The van der Waals surface area contributed by atoms with Gasteiger partial charge in [0.05, 0.1) is 17.7 Å². The van der Waals surface area contributed by atoms with Crippen LogP contribution in [-0.2, 0) is 11.3 Å². The van der Waals surface area contributed by atoms with E-state index in [0.29, 0.717) is 13.1 Å². The minimum atomic E-state index is 0.0701. The van der Waals surface area contributed by atoms with Crippen molar-refractivity contribution in [2.45, 2.75) is 13.5 Å². The third-order valence-corrected chi connectivity index (χ3v) is 3.57. The lowest BCUT2D eigenvalue weighted by molar-refractivity contribution is -0.127. The number of benzene rings is 1. The van der Waals surface area contributed by atoms with Gasteiger partial charge in [-0.15, -0.1) is 0 Å². The van der Waals surface area contributed by atoms with Gasteiger partial charge in [0.1, 0.15) is 0 Å². The van der Waals surface area contributed by atoms with E-state index in [1.54, 1.807) is 25.2 Å². The van der Waals surface area contributed by atoms with Gasteiger partial charge in [0.2, 0.25) is 5.91 Å². The van der Waals surface area contributed by atoms with Gasteiger partial charge in [0.25, 0.3) is 0 Å². The van der Waals surface area contributed by atoms with Gasteiger partial charge in [0.15, 0.2) is 0 Å². The lowest BCUT2D eigenvalue weighted by Gasteiger charge is -2.27. The molecule has 0 saturated heterocycles. The Morgan fingerprint density at radius 1 is 1.29 bits per heavy atom. The number of anilines is 1. The number of likely N-dealkylation sites (N-methyl/N-ethyl adjacent to an activating group) is 2. The second-order valence-corrected chi connectivity index (χ2v) is 5.16. The largest absolute Gasteiger partial charge is 0.362 e. The Morgan fingerprint density at radius 3 is 2.62 bits per heavy atom. The second-order valence-electron chi connectivity index (χ2n) is 5.16. The normalized spacial score (nSPS) is 10.7. The summed E-state index contributed by atoms with van der Waals surface area (Å²) in [4.78, 5) is 20.2. The maximum atomic E-state index is 12.1. The van der Waals surface area contributed by atoms with Crippen molar-refractivity contribution in [2.24, 2.45) is 5.73 Å². The number of fused-ring (bicyclic) bond motifs is 1. The van der Waals surface area contributed by atoms with Crippen LogP contribution < -0.4 is 10.6 Å². The monoisotopic (exact) mass is 286 g/mol. The molecule has 1 heterocycles. The predicted octanol–water partition coefficient (Wildman–Crippen LogP) is 1.61. The molecule has 1 aromatic carbocycles. The molecule has 0 spiro atoms. The zero-order valence-corrected chi connectivity index (χ0v) is 12.8. The summed E-state index contributed by atoms with van der Waals surface area (Å²) in [7, 11) is 3.54. The molecule has 1 aromatic heterocycles. The first-order valence-electron chi connectivity index (χ1n) is 7.10. The van der Waals surface area contributed by atoms with Gasteiger partial charge in [-0.3, -0.25) is 9.78 Å². The second kappa shape index (κ2) is 6.54. The summed E-state index contributed by atoms with van der Waals surface area (Å²) in [6.45, 7) is 3.52. The van der Waals surface area contributed by atoms with Crippen molar-refractivity contribution < 1.29 is 4.79 Å². The Kier molecular flexibility index (Phi) is 4.75. The molecule has 0 aliphatic rings. The molecule has 0 bridgehead atoms. The molecule has 5 nitrogen and oxygen atoms in total. The van der Waals surface area contributed by atoms with Crippen molar-refractivity contribution in [3.63, 3.8) is 0 Å². The van der Waals surface area contributed by atoms with Gasteiger partial charge in [-0.05, 0) is 13.0 Å². The maximum Gasteiger partial charge on any atom is 0.241 e. The van der Waals surface area contributed by atoms with Crippen molar-refractivity contribution in [1.82, 2.24) is 9.88 Å². The Morgan fingerprint density at radius 2 is 2.00 bits per heavy atom. The van der Waals surface area contributed by atoms with Crippen LogP contribution in [0.3, 0.4) is 0 Å². The van der Waals surface area contributed by atoms with Gasteiger partial charge < -0.3 is 15.5 Å². The quantitative estimate of drug-likeness (QED) is 0.907. The van der Waals surface area contributed by atoms with Crippen molar-refractivity contribution in [2.75, 3.05) is 32.1 Å². The van der Waals surface area contributed by atoms with E-state index in [-0.39, 0.29) is 5.91 Å². The average Bonchev–Trinajstić information content (AvgIpc) is 2.51. The smallest absolute Gasteiger partial charge is 0.241 e. The standard InChI is InChI=1S/C16H22N4O/c1-4-20(11-15(21)19(2)3)16-12(9-17)10-18-14-8-6-5-7-13(14)16/h5-8,10H,4,9,11,17H2,1-3H3. The fourth-order valence-corrected chi connectivity index (χ4v) is 2.34. The van der Waals surface area contributed by atoms with Crippen LogP contribution >= 0.6 is 0 Å². The van der Waals surface area contributed by atoms with Crippen LogP contribution in [0.2, 0.25) is 0 Å². The molecular weight excluding hydrogens is 264 g/mol. The molecule has 2 rings (SSSR count). The molecule has 112 valence electrons. The molecule has 0 fully saturated rings. The number of aromatic nitrogens is 1. The summed E-state index contributed by atoms with van der Waals surface area (Å²) in [5.74, 6) is 0.0701. The topological polar surface area (TPSA) is 62.5 Å². The number of carbonyl (C=O) groups is 1. The number of amides is 1. The highest BCUT2D eigenvalue weighted by Gasteiger charge is 2.17. The van der Waals surface area contributed by atoms with Crippen LogP contribution in [0.4, 0.5) is 5.69 Å². The van der Waals surface area contributed by atoms with Crippen molar-refractivity contribution in [3.05, 3.63) is 36.0 Å². The maximum absolute atomic E-state index is 12.1. The molecule has 0 aliphatic carbocycles. The van der Waals surface area contributed by atoms with Crippen LogP contribution in [0.1, 0.15) is 12.5 Å². The molecule has 5 heteroatoms. The highest BCUT2D eigenvalue weighted by molar-refractivity contribution is 5.95.